The van der Waals surface area contributed by atoms with E-state index in [4.69, 9.17) is 4.74 Å². The van der Waals surface area contributed by atoms with Gasteiger partial charge in [0.2, 0.25) is 5.91 Å². The number of aromatic nitrogens is 1. The molecular weight excluding hydrogens is 323 g/mol. The Morgan fingerprint density at radius 3 is 2.60 bits per heavy atom. The molecule has 2 N–H and O–H groups in total. The van der Waals surface area contributed by atoms with Crippen molar-refractivity contribution in [3.8, 4) is 0 Å². The number of hydrogen-bond acceptors (Lipinski definition) is 3. The summed E-state index contributed by atoms with van der Waals surface area (Å²) in [5.74, 6) is -0.881. The van der Waals surface area contributed by atoms with Crippen molar-refractivity contribution in [1.82, 2.24) is 4.98 Å². The lowest BCUT2D eigenvalue weighted by atomic mass is 10.0. The number of ether oxygens (including phenoxy) is 1. The molecule has 0 atom stereocenters. The molecule has 1 heterocycles. The summed E-state index contributed by atoms with van der Waals surface area (Å²) in [6.45, 7) is 7.52. The first-order chi connectivity index (χ1) is 11.8. The molecule has 6 heteroatoms. The van der Waals surface area contributed by atoms with Crippen molar-refractivity contribution in [2.45, 2.75) is 40.5 Å². The predicted octanol–water partition coefficient (Wildman–Crippen LogP) is 3.83. The van der Waals surface area contributed by atoms with Crippen LogP contribution >= 0.6 is 0 Å². The lowest BCUT2D eigenvalue weighted by Gasteiger charge is -2.09. The van der Waals surface area contributed by atoms with Crippen molar-refractivity contribution in [3.63, 3.8) is 0 Å². The van der Waals surface area contributed by atoms with Gasteiger partial charge in [0.1, 0.15) is 11.5 Å². The predicted molar refractivity (Wildman–Crippen MR) is 94.3 cm³/mol. The molecule has 0 fully saturated rings. The summed E-state index contributed by atoms with van der Waals surface area (Å²) in [6, 6.07) is 4.24. The van der Waals surface area contributed by atoms with E-state index in [1.54, 1.807) is 19.9 Å². The van der Waals surface area contributed by atoms with Crippen molar-refractivity contribution < 1.29 is 18.7 Å². The average Bonchev–Trinajstić information content (AvgIpc) is 2.83. The van der Waals surface area contributed by atoms with Crippen LogP contribution in [0.3, 0.4) is 0 Å². The quantitative estimate of drug-likeness (QED) is 0.781. The Labute approximate surface area is 146 Å². The maximum atomic E-state index is 13.1. The van der Waals surface area contributed by atoms with Crippen LogP contribution < -0.4 is 5.32 Å². The van der Waals surface area contributed by atoms with E-state index in [2.05, 4.69) is 10.3 Å². The Morgan fingerprint density at radius 1 is 1.24 bits per heavy atom. The summed E-state index contributed by atoms with van der Waals surface area (Å²) >= 11 is 0. The molecule has 0 unspecified atom stereocenters. The van der Waals surface area contributed by atoms with Gasteiger partial charge in [0.25, 0.3) is 0 Å². The van der Waals surface area contributed by atoms with Crippen LogP contribution in [0.25, 0.3) is 0 Å². The minimum atomic E-state index is -0.388. The van der Waals surface area contributed by atoms with E-state index in [0.29, 0.717) is 30.0 Å². The number of nitrogens with one attached hydrogen (secondary N) is 2. The van der Waals surface area contributed by atoms with Gasteiger partial charge in [-0.3, -0.25) is 4.79 Å². The van der Waals surface area contributed by atoms with Gasteiger partial charge in [-0.1, -0.05) is 0 Å². The maximum absolute atomic E-state index is 13.1. The zero-order chi connectivity index (χ0) is 18.6. The topological polar surface area (TPSA) is 71.2 Å². The van der Waals surface area contributed by atoms with Crippen LogP contribution in [-0.2, 0) is 16.0 Å². The molecule has 0 saturated carbocycles. The summed E-state index contributed by atoms with van der Waals surface area (Å²) in [6.07, 6.45) is 0.762. The van der Waals surface area contributed by atoms with Gasteiger partial charge in [-0.2, -0.15) is 0 Å². The smallest absolute Gasteiger partial charge is 0.355 e. The minimum absolute atomic E-state index is 0.160. The third-order valence-electron chi connectivity index (χ3n) is 4.14. The molecular formula is C19H23FN2O3. The highest BCUT2D eigenvalue weighted by molar-refractivity contribution is 5.92. The highest BCUT2D eigenvalue weighted by atomic mass is 19.1. The number of rotatable bonds is 6. The van der Waals surface area contributed by atoms with E-state index >= 15 is 0 Å². The highest BCUT2D eigenvalue weighted by Crippen LogP contribution is 2.21. The van der Waals surface area contributed by atoms with E-state index in [1.807, 2.05) is 13.8 Å². The molecule has 0 saturated heterocycles. The first-order valence-electron chi connectivity index (χ1n) is 8.24. The summed E-state index contributed by atoms with van der Waals surface area (Å²) in [7, 11) is 0. The van der Waals surface area contributed by atoms with Crippen LogP contribution in [0.1, 0.15) is 46.2 Å². The fourth-order valence-electron chi connectivity index (χ4n) is 2.79. The van der Waals surface area contributed by atoms with Crippen LogP contribution in [0, 0.1) is 26.6 Å². The summed E-state index contributed by atoms with van der Waals surface area (Å²) in [5.41, 5.74) is 4.30. The maximum Gasteiger partial charge on any atom is 0.355 e. The van der Waals surface area contributed by atoms with Crippen molar-refractivity contribution in [2.24, 2.45) is 0 Å². The van der Waals surface area contributed by atoms with Gasteiger partial charge in [0, 0.05) is 17.8 Å². The Kier molecular flexibility index (Phi) is 5.96. The number of carbonyl (C=O) groups is 2. The zero-order valence-corrected chi connectivity index (χ0v) is 15.0. The molecule has 2 aromatic rings. The monoisotopic (exact) mass is 346 g/mol. The average molecular weight is 346 g/mol. The van der Waals surface area contributed by atoms with Gasteiger partial charge in [-0.05, 0) is 69.0 Å². The lowest BCUT2D eigenvalue weighted by Crippen LogP contribution is -2.13. The number of benzene rings is 1. The summed E-state index contributed by atoms with van der Waals surface area (Å²) < 4.78 is 18.1. The van der Waals surface area contributed by atoms with E-state index in [9.17, 15) is 14.0 Å². The van der Waals surface area contributed by atoms with Gasteiger partial charge in [-0.25, -0.2) is 9.18 Å². The molecule has 2 rings (SSSR count). The van der Waals surface area contributed by atoms with Crippen molar-refractivity contribution in [3.05, 3.63) is 52.1 Å². The summed E-state index contributed by atoms with van der Waals surface area (Å²) in [5, 5.41) is 2.79. The van der Waals surface area contributed by atoms with Crippen LogP contribution in [0.15, 0.2) is 18.2 Å². The molecule has 0 aliphatic rings. The Hall–Kier alpha value is -2.63. The number of amides is 1. The van der Waals surface area contributed by atoms with Crippen molar-refractivity contribution in [1.29, 1.82) is 0 Å². The number of halogens is 1. The number of aryl methyl sites for hydroxylation is 2. The molecule has 1 aromatic carbocycles. The third-order valence-corrected chi connectivity index (χ3v) is 4.14. The Bertz CT molecular complexity index is 796. The second-order valence-corrected chi connectivity index (χ2v) is 5.96. The molecule has 1 amide bonds. The van der Waals surface area contributed by atoms with Gasteiger partial charge < -0.3 is 15.0 Å². The van der Waals surface area contributed by atoms with Crippen LogP contribution in [0.4, 0.5) is 10.1 Å². The fraction of sp³-hybridized carbons (Fsp3) is 0.368. The fourth-order valence-corrected chi connectivity index (χ4v) is 2.79. The molecule has 1 aromatic heterocycles. The molecule has 0 spiro atoms. The van der Waals surface area contributed by atoms with E-state index < -0.39 is 0 Å². The normalized spacial score (nSPS) is 10.6. The standard InChI is InChI=1S/C19H23FN2O3/c1-5-25-19(24)18-12(3)15(13(4)21-18)7-9-17(23)22-16-8-6-14(20)10-11(16)2/h6,8,10,21H,5,7,9H2,1-4H3,(H,22,23). The number of esters is 1. The van der Waals surface area contributed by atoms with Gasteiger partial charge in [0.05, 0.1) is 6.61 Å². The Balaban J connectivity index is 2.03. The van der Waals surface area contributed by atoms with Gasteiger partial charge in [-0.15, -0.1) is 0 Å². The molecule has 25 heavy (non-hydrogen) atoms. The number of anilines is 1. The second-order valence-electron chi connectivity index (χ2n) is 5.96. The number of carbonyl (C=O) groups excluding carboxylic acids is 2. The Morgan fingerprint density at radius 2 is 1.96 bits per heavy atom. The van der Waals surface area contributed by atoms with Crippen LogP contribution in [0.5, 0.6) is 0 Å². The van der Waals surface area contributed by atoms with Crippen LogP contribution in [0.2, 0.25) is 0 Å². The summed E-state index contributed by atoms with van der Waals surface area (Å²) in [4.78, 5) is 27.1. The third kappa shape index (κ3) is 4.47. The molecule has 0 aliphatic heterocycles. The van der Waals surface area contributed by atoms with Gasteiger partial charge >= 0.3 is 5.97 Å². The first-order valence-corrected chi connectivity index (χ1v) is 8.24. The zero-order valence-electron chi connectivity index (χ0n) is 15.0. The SMILES string of the molecule is CCOC(=O)c1[nH]c(C)c(CCC(=O)Nc2ccc(F)cc2C)c1C. The number of hydrogen-bond donors (Lipinski definition) is 2. The minimum Gasteiger partial charge on any atom is -0.461 e. The number of aromatic amines is 1. The molecule has 0 radical (unpaired) electrons. The molecule has 134 valence electrons. The second kappa shape index (κ2) is 7.96. The highest BCUT2D eigenvalue weighted by Gasteiger charge is 2.18. The lowest BCUT2D eigenvalue weighted by molar-refractivity contribution is -0.116. The number of H-pyrrole nitrogens is 1. The van der Waals surface area contributed by atoms with Crippen LogP contribution in [-0.4, -0.2) is 23.5 Å². The molecule has 5 nitrogen and oxygen atoms in total. The van der Waals surface area contributed by atoms with E-state index in [-0.39, 0.29) is 24.1 Å². The van der Waals surface area contributed by atoms with Gasteiger partial charge in [0.15, 0.2) is 0 Å². The van der Waals surface area contributed by atoms with Crippen molar-refractivity contribution in [2.75, 3.05) is 11.9 Å². The molecule has 0 bridgehead atoms. The largest absolute Gasteiger partial charge is 0.461 e. The molecule has 0 aliphatic carbocycles. The van der Waals surface area contributed by atoms with Crippen molar-refractivity contribution >= 4 is 17.6 Å². The van der Waals surface area contributed by atoms with E-state index in [0.717, 1.165) is 16.8 Å². The van der Waals surface area contributed by atoms with E-state index in [1.165, 1.54) is 12.1 Å². The first kappa shape index (κ1) is 18.7.